The van der Waals surface area contributed by atoms with Crippen LogP contribution in [0.1, 0.15) is 6.92 Å². The Hall–Kier alpha value is -2.25. The summed E-state index contributed by atoms with van der Waals surface area (Å²) in [7, 11) is 0. The smallest absolute Gasteiger partial charge is 0.234 e. The lowest BCUT2D eigenvalue weighted by molar-refractivity contribution is -0.113. The third-order valence-corrected chi connectivity index (χ3v) is 5.22. The molecule has 0 fully saturated rings. The number of nitrogens with zero attached hydrogens (tertiary/aromatic N) is 2. The second-order valence-electron chi connectivity index (χ2n) is 5.47. The number of rotatable bonds is 7. The Morgan fingerprint density at radius 1 is 1.08 bits per heavy atom. The van der Waals surface area contributed by atoms with Crippen LogP contribution in [0, 0.1) is 0 Å². The van der Waals surface area contributed by atoms with Gasteiger partial charge >= 0.3 is 0 Å². The standard InChI is InChI=1S/C19H20N4OS2/c1-3-20-18-15-6-4-5-7-16(15)22-19(23-18)26-12-17(24)21-13-8-10-14(25-2)11-9-13/h4-11H,3,12H2,1-2H3,(H,21,24)(H,20,22,23). The van der Waals surface area contributed by atoms with Gasteiger partial charge in [-0.05, 0) is 49.6 Å². The van der Waals surface area contributed by atoms with Crippen molar-refractivity contribution in [2.45, 2.75) is 17.0 Å². The minimum absolute atomic E-state index is 0.0753. The topological polar surface area (TPSA) is 66.9 Å². The number of aromatic nitrogens is 2. The number of hydrogen-bond acceptors (Lipinski definition) is 6. The van der Waals surface area contributed by atoms with Gasteiger partial charge in [-0.15, -0.1) is 11.8 Å². The fourth-order valence-corrected chi connectivity index (χ4v) is 3.48. The first-order chi connectivity index (χ1) is 12.7. The Balaban J connectivity index is 1.67. The number of hydrogen-bond donors (Lipinski definition) is 2. The van der Waals surface area contributed by atoms with E-state index in [0.717, 1.165) is 33.8 Å². The lowest BCUT2D eigenvalue weighted by Crippen LogP contribution is -2.14. The van der Waals surface area contributed by atoms with Crippen LogP contribution in [-0.2, 0) is 4.79 Å². The Bertz CT molecular complexity index is 900. The van der Waals surface area contributed by atoms with E-state index in [1.807, 2.05) is 61.7 Å². The van der Waals surface area contributed by atoms with Gasteiger partial charge in [0.25, 0.3) is 0 Å². The molecule has 0 unspecified atom stereocenters. The summed E-state index contributed by atoms with van der Waals surface area (Å²) in [6.45, 7) is 2.80. The van der Waals surface area contributed by atoms with Crippen LogP contribution in [0.2, 0.25) is 0 Å². The molecule has 0 radical (unpaired) electrons. The molecule has 3 rings (SSSR count). The first kappa shape index (κ1) is 18.5. The fourth-order valence-electron chi connectivity index (χ4n) is 2.42. The van der Waals surface area contributed by atoms with Gasteiger partial charge in [0.15, 0.2) is 5.16 Å². The van der Waals surface area contributed by atoms with Crippen LogP contribution >= 0.6 is 23.5 Å². The normalized spacial score (nSPS) is 10.7. The van der Waals surface area contributed by atoms with Crippen molar-refractivity contribution in [3.8, 4) is 0 Å². The molecular weight excluding hydrogens is 364 g/mol. The Labute approximate surface area is 161 Å². The predicted molar refractivity (Wildman–Crippen MR) is 111 cm³/mol. The molecule has 0 aliphatic heterocycles. The average molecular weight is 385 g/mol. The number of thioether (sulfide) groups is 2. The van der Waals surface area contributed by atoms with Crippen LogP contribution in [0.5, 0.6) is 0 Å². The molecule has 0 saturated heterocycles. The summed E-state index contributed by atoms with van der Waals surface area (Å²) >= 11 is 3.00. The second kappa shape index (κ2) is 8.91. The van der Waals surface area contributed by atoms with Gasteiger partial charge in [0.05, 0.1) is 11.3 Å². The van der Waals surface area contributed by atoms with E-state index in [1.54, 1.807) is 11.8 Å². The summed E-state index contributed by atoms with van der Waals surface area (Å²) in [4.78, 5) is 22.5. The van der Waals surface area contributed by atoms with Crippen molar-refractivity contribution >= 4 is 51.8 Å². The van der Waals surface area contributed by atoms with Gasteiger partial charge in [0.1, 0.15) is 5.82 Å². The SMILES string of the molecule is CCNc1nc(SCC(=O)Nc2ccc(SC)cc2)nc2ccccc12. The molecule has 7 heteroatoms. The average Bonchev–Trinajstić information content (AvgIpc) is 2.67. The minimum Gasteiger partial charge on any atom is -0.370 e. The Morgan fingerprint density at radius 3 is 2.58 bits per heavy atom. The van der Waals surface area contributed by atoms with Crippen LogP contribution in [-0.4, -0.2) is 34.4 Å². The van der Waals surface area contributed by atoms with Crippen LogP contribution < -0.4 is 10.6 Å². The number of amides is 1. The number of benzene rings is 2. The van der Waals surface area contributed by atoms with Crippen LogP contribution in [0.4, 0.5) is 11.5 Å². The highest BCUT2D eigenvalue weighted by Gasteiger charge is 2.10. The van der Waals surface area contributed by atoms with Gasteiger partial charge in [-0.1, -0.05) is 23.9 Å². The highest BCUT2D eigenvalue weighted by molar-refractivity contribution is 7.99. The number of carbonyl (C=O) groups is 1. The molecule has 2 N–H and O–H groups in total. The summed E-state index contributed by atoms with van der Waals surface area (Å²) in [5.41, 5.74) is 1.66. The lowest BCUT2D eigenvalue weighted by atomic mass is 10.2. The zero-order valence-corrected chi connectivity index (χ0v) is 16.3. The molecule has 0 aliphatic carbocycles. The Kier molecular flexibility index (Phi) is 6.35. The van der Waals surface area contributed by atoms with E-state index in [1.165, 1.54) is 11.8 Å². The van der Waals surface area contributed by atoms with Gasteiger partial charge in [0, 0.05) is 22.5 Å². The van der Waals surface area contributed by atoms with Crippen LogP contribution in [0.25, 0.3) is 10.9 Å². The molecule has 0 bridgehead atoms. The van der Waals surface area contributed by atoms with Gasteiger partial charge in [-0.2, -0.15) is 0 Å². The van der Waals surface area contributed by atoms with E-state index in [0.29, 0.717) is 5.16 Å². The van der Waals surface area contributed by atoms with E-state index in [-0.39, 0.29) is 11.7 Å². The van der Waals surface area contributed by atoms with Gasteiger partial charge in [0.2, 0.25) is 5.91 Å². The molecule has 0 aliphatic rings. The molecule has 1 amide bonds. The zero-order valence-electron chi connectivity index (χ0n) is 14.7. The first-order valence-electron chi connectivity index (χ1n) is 8.27. The summed E-state index contributed by atoms with van der Waals surface area (Å²) in [6, 6.07) is 15.7. The summed E-state index contributed by atoms with van der Waals surface area (Å²) < 4.78 is 0. The first-order valence-corrected chi connectivity index (χ1v) is 10.5. The quantitative estimate of drug-likeness (QED) is 0.461. The lowest BCUT2D eigenvalue weighted by Gasteiger charge is -2.09. The Morgan fingerprint density at radius 2 is 1.85 bits per heavy atom. The molecular formula is C19H20N4OS2. The number of nitrogens with one attached hydrogen (secondary N) is 2. The van der Waals surface area contributed by atoms with E-state index in [2.05, 4.69) is 20.6 Å². The van der Waals surface area contributed by atoms with E-state index in [4.69, 9.17) is 0 Å². The third-order valence-electron chi connectivity index (χ3n) is 3.63. The highest BCUT2D eigenvalue weighted by Crippen LogP contribution is 2.24. The van der Waals surface area contributed by atoms with Crippen LogP contribution in [0.15, 0.2) is 58.6 Å². The summed E-state index contributed by atoms with van der Waals surface area (Å²) in [6.07, 6.45) is 2.02. The maximum Gasteiger partial charge on any atom is 0.234 e. The molecule has 26 heavy (non-hydrogen) atoms. The monoisotopic (exact) mass is 384 g/mol. The van der Waals surface area contributed by atoms with E-state index >= 15 is 0 Å². The number of fused-ring (bicyclic) bond motifs is 1. The molecule has 2 aromatic carbocycles. The summed E-state index contributed by atoms with van der Waals surface area (Å²) in [5.74, 6) is 0.982. The maximum atomic E-state index is 12.2. The van der Waals surface area contributed by atoms with Gasteiger partial charge < -0.3 is 10.6 Å². The molecule has 0 saturated carbocycles. The number of para-hydroxylation sites is 1. The molecule has 0 atom stereocenters. The van der Waals surface area contributed by atoms with Crippen molar-refractivity contribution in [3.63, 3.8) is 0 Å². The van der Waals surface area contributed by atoms with Crippen molar-refractivity contribution in [2.24, 2.45) is 0 Å². The molecule has 3 aromatic rings. The second-order valence-corrected chi connectivity index (χ2v) is 7.29. The largest absolute Gasteiger partial charge is 0.370 e. The van der Waals surface area contributed by atoms with Gasteiger partial charge in [-0.25, -0.2) is 9.97 Å². The van der Waals surface area contributed by atoms with Crippen molar-refractivity contribution in [1.82, 2.24) is 9.97 Å². The van der Waals surface area contributed by atoms with Crippen molar-refractivity contribution in [1.29, 1.82) is 0 Å². The maximum absolute atomic E-state index is 12.2. The van der Waals surface area contributed by atoms with Crippen molar-refractivity contribution in [2.75, 3.05) is 29.2 Å². The number of carbonyl (C=O) groups excluding carboxylic acids is 1. The fraction of sp³-hybridized carbons (Fsp3) is 0.211. The van der Waals surface area contributed by atoms with Crippen LogP contribution in [0.3, 0.4) is 0 Å². The van der Waals surface area contributed by atoms with Crippen molar-refractivity contribution in [3.05, 3.63) is 48.5 Å². The molecule has 134 valence electrons. The van der Waals surface area contributed by atoms with Crippen molar-refractivity contribution < 1.29 is 4.79 Å². The zero-order chi connectivity index (χ0) is 18.4. The van der Waals surface area contributed by atoms with Gasteiger partial charge in [-0.3, -0.25) is 4.79 Å². The van der Waals surface area contributed by atoms with E-state index < -0.39 is 0 Å². The minimum atomic E-state index is -0.0753. The summed E-state index contributed by atoms with van der Waals surface area (Å²) in [5, 5.41) is 7.74. The number of anilines is 2. The third kappa shape index (κ3) is 4.68. The molecule has 0 spiro atoms. The van der Waals surface area contributed by atoms with E-state index in [9.17, 15) is 4.79 Å². The molecule has 5 nitrogen and oxygen atoms in total. The predicted octanol–water partition coefficient (Wildman–Crippen LogP) is 4.51. The highest BCUT2D eigenvalue weighted by atomic mass is 32.2. The molecule has 1 aromatic heterocycles. The molecule has 1 heterocycles.